The quantitative estimate of drug-likeness (QED) is 0.839. The number of nitrogens with one attached hydrogen (secondary N) is 1. The zero-order valence-electron chi connectivity index (χ0n) is 14.6. The van der Waals surface area contributed by atoms with Crippen molar-refractivity contribution in [2.75, 3.05) is 19.7 Å². The molecule has 2 atom stereocenters. The van der Waals surface area contributed by atoms with E-state index in [4.69, 9.17) is 0 Å². The number of piperidine rings is 1. The molecular weight excluding hydrogens is 276 g/mol. The topological polar surface area (TPSA) is 52.6 Å². The highest BCUT2D eigenvalue weighted by Gasteiger charge is 2.30. The van der Waals surface area contributed by atoms with Crippen molar-refractivity contribution in [3.05, 3.63) is 0 Å². The summed E-state index contributed by atoms with van der Waals surface area (Å²) in [5.41, 5.74) is 0.0721. The molecule has 2 N–H and O–H groups in total. The summed E-state index contributed by atoms with van der Waals surface area (Å²) < 4.78 is 0. The van der Waals surface area contributed by atoms with Gasteiger partial charge in [0.15, 0.2) is 0 Å². The number of likely N-dealkylation sites (tertiary alicyclic amines) is 1. The van der Waals surface area contributed by atoms with Crippen LogP contribution in [0, 0.1) is 11.3 Å². The van der Waals surface area contributed by atoms with Crippen molar-refractivity contribution in [2.24, 2.45) is 11.3 Å². The van der Waals surface area contributed by atoms with Gasteiger partial charge in [-0.3, -0.25) is 4.79 Å². The largest absolute Gasteiger partial charge is 0.396 e. The van der Waals surface area contributed by atoms with E-state index in [1.54, 1.807) is 0 Å². The fourth-order valence-electron chi connectivity index (χ4n) is 3.81. The maximum atomic E-state index is 12.3. The molecule has 2 rings (SSSR count). The summed E-state index contributed by atoms with van der Waals surface area (Å²) >= 11 is 0. The minimum Gasteiger partial charge on any atom is -0.396 e. The highest BCUT2D eigenvalue weighted by molar-refractivity contribution is 5.76. The molecular formula is C18H34N2O2. The molecule has 1 saturated heterocycles. The fraction of sp³-hybridized carbons (Fsp3) is 0.944. The van der Waals surface area contributed by atoms with Gasteiger partial charge in [0, 0.05) is 38.2 Å². The van der Waals surface area contributed by atoms with Crippen molar-refractivity contribution in [1.29, 1.82) is 0 Å². The van der Waals surface area contributed by atoms with Gasteiger partial charge in [-0.15, -0.1) is 0 Å². The molecule has 2 unspecified atom stereocenters. The summed E-state index contributed by atoms with van der Waals surface area (Å²) in [6.45, 7) is 8.43. The van der Waals surface area contributed by atoms with Crippen molar-refractivity contribution >= 4 is 5.91 Å². The number of nitrogens with zero attached hydrogens (tertiary/aromatic N) is 1. The van der Waals surface area contributed by atoms with Gasteiger partial charge in [-0.25, -0.2) is 0 Å². The average molecular weight is 310 g/mol. The van der Waals surface area contributed by atoms with Crippen LogP contribution in [0.5, 0.6) is 0 Å². The van der Waals surface area contributed by atoms with Gasteiger partial charge in [-0.05, 0) is 37.0 Å². The van der Waals surface area contributed by atoms with Crippen molar-refractivity contribution < 1.29 is 9.90 Å². The van der Waals surface area contributed by atoms with Crippen LogP contribution < -0.4 is 5.32 Å². The van der Waals surface area contributed by atoms with Crippen LogP contribution in [0.1, 0.15) is 65.7 Å². The van der Waals surface area contributed by atoms with Crippen LogP contribution in [0.2, 0.25) is 0 Å². The normalized spacial score (nSPS) is 27.9. The van der Waals surface area contributed by atoms with Crippen molar-refractivity contribution in [2.45, 2.75) is 77.8 Å². The number of amides is 1. The Morgan fingerprint density at radius 3 is 2.36 bits per heavy atom. The molecule has 1 aliphatic heterocycles. The maximum Gasteiger partial charge on any atom is 0.223 e. The molecule has 128 valence electrons. The highest BCUT2D eigenvalue weighted by Crippen LogP contribution is 2.26. The second-order valence-electron chi connectivity index (χ2n) is 8.39. The van der Waals surface area contributed by atoms with E-state index in [1.807, 2.05) is 4.90 Å². The van der Waals surface area contributed by atoms with Gasteiger partial charge >= 0.3 is 0 Å². The van der Waals surface area contributed by atoms with Gasteiger partial charge < -0.3 is 15.3 Å². The zero-order valence-corrected chi connectivity index (χ0v) is 14.6. The summed E-state index contributed by atoms with van der Waals surface area (Å²) in [6, 6.07) is 0.983. The van der Waals surface area contributed by atoms with Crippen LogP contribution >= 0.6 is 0 Å². The van der Waals surface area contributed by atoms with Crippen LogP contribution in [-0.2, 0) is 4.79 Å². The Labute approximate surface area is 135 Å². The Bertz CT molecular complexity index is 357. The Morgan fingerprint density at radius 2 is 1.77 bits per heavy atom. The number of hydrogen-bond acceptors (Lipinski definition) is 3. The van der Waals surface area contributed by atoms with Gasteiger partial charge in [0.1, 0.15) is 0 Å². The SMILES string of the molecule is CC(C)(C)CC(=O)N1CCC(NC2CCCCC2CO)CC1. The van der Waals surface area contributed by atoms with E-state index in [0.29, 0.717) is 36.9 Å². The van der Waals surface area contributed by atoms with E-state index in [1.165, 1.54) is 19.3 Å². The first-order valence-electron chi connectivity index (χ1n) is 9.04. The first-order valence-corrected chi connectivity index (χ1v) is 9.04. The molecule has 4 nitrogen and oxygen atoms in total. The highest BCUT2D eigenvalue weighted by atomic mass is 16.3. The van der Waals surface area contributed by atoms with E-state index >= 15 is 0 Å². The number of carbonyl (C=O) groups is 1. The second kappa shape index (κ2) is 7.78. The van der Waals surface area contributed by atoms with Gasteiger partial charge in [-0.1, -0.05) is 33.6 Å². The number of rotatable bonds is 4. The number of carbonyl (C=O) groups excluding carboxylic acids is 1. The third-order valence-corrected chi connectivity index (χ3v) is 5.12. The summed E-state index contributed by atoms with van der Waals surface area (Å²) in [6.07, 6.45) is 7.60. The van der Waals surface area contributed by atoms with Crippen molar-refractivity contribution in [1.82, 2.24) is 10.2 Å². The molecule has 22 heavy (non-hydrogen) atoms. The van der Waals surface area contributed by atoms with Crippen LogP contribution in [0.15, 0.2) is 0 Å². The first-order chi connectivity index (χ1) is 10.4. The summed E-state index contributed by atoms with van der Waals surface area (Å²) in [7, 11) is 0. The van der Waals surface area contributed by atoms with Crippen LogP contribution in [0.3, 0.4) is 0 Å². The van der Waals surface area contributed by atoms with E-state index in [0.717, 1.165) is 32.4 Å². The Hall–Kier alpha value is -0.610. The number of aliphatic hydroxyl groups is 1. The predicted molar refractivity (Wildman–Crippen MR) is 89.6 cm³/mol. The second-order valence-corrected chi connectivity index (χ2v) is 8.39. The Kier molecular flexibility index (Phi) is 6.27. The van der Waals surface area contributed by atoms with Crippen LogP contribution in [0.4, 0.5) is 0 Å². The van der Waals surface area contributed by atoms with E-state index in [-0.39, 0.29) is 5.41 Å². The molecule has 1 amide bonds. The lowest BCUT2D eigenvalue weighted by atomic mass is 9.84. The first kappa shape index (κ1) is 17.7. The molecule has 0 aromatic carbocycles. The third-order valence-electron chi connectivity index (χ3n) is 5.12. The van der Waals surface area contributed by atoms with Crippen molar-refractivity contribution in [3.63, 3.8) is 0 Å². The minimum atomic E-state index is 0.0721. The van der Waals surface area contributed by atoms with Crippen LogP contribution in [0.25, 0.3) is 0 Å². The van der Waals surface area contributed by atoms with Crippen molar-refractivity contribution in [3.8, 4) is 0 Å². The Balaban J connectivity index is 1.76. The molecule has 0 bridgehead atoms. The molecule has 0 radical (unpaired) electrons. The molecule has 4 heteroatoms. The monoisotopic (exact) mass is 310 g/mol. The molecule has 2 aliphatic rings. The standard InChI is InChI=1S/C18H34N2O2/c1-18(2,3)12-17(22)20-10-8-15(9-11-20)19-16-7-5-4-6-14(16)13-21/h14-16,19,21H,4-13H2,1-3H3. The molecule has 0 aromatic rings. The van der Waals surface area contributed by atoms with Gasteiger partial charge in [0.05, 0.1) is 0 Å². The maximum absolute atomic E-state index is 12.3. The van der Waals surface area contributed by atoms with Gasteiger partial charge in [-0.2, -0.15) is 0 Å². The van der Waals surface area contributed by atoms with E-state index in [2.05, 4.69) is 26.1 Å². The summed E-state index contributed by atoms with van der Waals surface area (Å²) in [5, 5.41) is 13.3. The molecule has 1 aliphatic carbocycles. The Morgan fingerprint density at radius 1 is 1.14 bits per heavy atom. The summed E-state index contributed by atoms with van der Waals surface area (Å²) in [5.74, 6) is 0.728. The lowest BCUT2D eigenvalue weighted by Crippen LogP contribution is -2.51. The minimum absolute atomic E-state index is 0.0721. The van der Waals surface area contributed by atoms with E-state index < -0.39 is 0 Å². The van der Waals surface area contributed by atoms with Gasteiger partial charge in [0.25, 0.3) is 0 Å². The lowest BCUT2D eigenvalue weighted by molar-refractivity contribution is -0.134. The molecule has 1 saturated carbocycles. The molecule has 0 spiro atoms. The molecule has 0 aromatic heterocycles. The fourth-order valence-corrected chi connectivity index (χ4v) is 3.81. The number of aliphatic hydroxyl groups excluding tert-OH is 1. The van der Waals surface area contributed by atoms with Crippen LogP contribution in [-0.4, -0.2) is 47.7 Å². The average Bonchev–Trinajstić information content (AvgIpc) is 2.47. The smallest absolute Gasteiger partial charge is 0.223 e. The van der Waals surface area contributed by atoms with E-state index in [9.17, 15) is 9.90 Å². The number of hydrogen-bond donors (Lipinski definition) is 2. The van der Waals surface area contributed by atoms with Gasteiger partial charge in [0.2, 0.25) is 5.91 Å². The lowest BCUT2D eigenvalue weighted by Gasteiger charge is -2.38. The molecule has 2 fully saturated rings. The third kappa shape index (κ3) is 5.24. The molecule has 1 heterocycles. The zero-order chi connectivity index (χ0) is 16.2. The summed E-state index contributed by atoms with van der Waals surface area (Å²) in [4.78, 5) is 14.3. The predicted octanol–water partition coefficient (Wildman–Crippen LogP) is 2.55.